The predicted octanol–water partition coefficient (Wildman–Crippen LogP) is 4.70. The van der Waals surface area contributed by atoms with Gasteiger partial charge >= 0.3 is 0 Å². The molecule has 4 heteroatoms. The molecule has 0 aromatic heterocycles. The molecule has 106 valence electrons. The standard InChI is InChI=1S/C16H17Cl2NO/c1-10-6-11(9-19-2)4-5-12(10)13-7-15(18)16(20-3)8-14(13)17/h4-8,19H,9H2,1-3H3. The first-order valence-electron chi connectivity index (χ1n) is 6.34. The summed E-state index contributed by atoms with van der Waals surface area (Å²) in [5, 5.41) is 4.34. The Labute approximate surface area is 129 Å². The van der Waals surface area contributed by atoms with Crippen LogP contribution < -0.4 is 10.1 Å². The molecule has 0 aliphatic carbocycles. The lowest BCUT2D eigenvalue weighted by atomic mass is 9.98. The molecule has 0 fully saturated rings. The molecule has 2 aromatic carbocycles. The molecule has 0 spiro atoms. The van der Waals surface area contributed by atoms with Crippen molar-refractivity contribution in [3.05, 3.63) is 51.5 Å². The highest BCUT2D eigenvalue weighted by atomic mass is 35.5. The summed E-state index contributed by atoms with van der Waals surface area (Å²) >= 11 is 12.5. The highest BCUT2D eigenvalue weighted by molar-refractivity contribution is 6.36. The third kappa shape index (κ3) is 3.09. The van der Waals surface area contributed by atoms with Crippen LogP contribution in [0, 0.1) is 6.92 Å². The number of nitrogens with one attached hydrogen (secondary N) is 1. The summed E-state index contributed by atoms with van der Waals surface area (Å²) in [5.41, 5.74) is 4.41. The molecule has 0 aliphatic rings. The molecule has 0 atom stereocenters. The molecule has 20 heavy (non-hydrogen) atoms. The number of hydrogen-bond acceptors (Lipinski definition) is 2. The van der Waals surface area contributed by atoms with E-state index in [2.05, 4.69) is 30.4 Å². The van der Waals surface area contributed by atoms with E-state index < -0.39 is 0 Å². The molecule has 2 rings (SSSR count). The Balaban J connectivity index is 2.49. The average Bonchev–Trinajstić information content (AvgIpc) is 2.42. The second-order valence-electron chi connectivity index (χ2n) is 4.65. The van der Waals surface area contributed by atoms with Gasteiger partial charge < -0.3 is 10.1 Å². The van der Waals surface area contributed by atoms with E-state index >= 15 is 0 Å². The van der Waals surface area contributed by atoms with Crippen LogP contribution in [0.3, 0.4) is 0 Å². The zero-order valence-electron chi connectivity index (χ0n) is 11.8. The normalized spacial score (nSPS) is 10.7. The van der Waals surface area contributed by atoms with Gasteiger partial charge in [-0.1, -0.05) is 41.4 Å². The molecule has 2 nitrogen and oxygen atoms in total. The molecule has 0 amide bonds. The molecular formula is C16H17Cl2NO. The fourth-order valence-corrected chi connectivity index (χ4v) is 2.73. The van der Waals surface area contributed by atoms with E-state index in [1.807, 2.05) is 13.1 Å². The molecule has 2 aromatic rings. The summed E-state index contributed by atoms with van der Waals surface area (Å²) in [6.07, 6.45) is 0. The van der Waals surface area contributed by atoms with E-state index in [1.165, 1.54) is 11.1 Å². The van der Waals surface area contributed by atoms with E-state index in [1.54, 1.807) is 13.2 Å². The number of halogens is 2. The van der Waals surface area contributed by atoms with E-state index in [4.69, 9.17) is 27.9 Å². The van der Waals surface area contributed by atoms with Crippen molar-refractivity contribution in [1.29, 1.82) is 0 Å². The number of aryl methyl sites for hydroxylation is 1. The second-order valence-corrected chi connectivity index (χ2v) is 5.46. The summed E-state index contributed by atoms with van der Waals surface area (Å²) in [4.78, 5) is 0. The van der Waals surface area contributed by atoms with Crippen molar-refractivity contribution in [2.75, 3.05) is 14.2 Å². The number of rotatable bonds is 4. The van der Waals surface area contributed by atoms with Crippen LogP contribution in [0.2, 0.25) is 10.0 Å². The van der Waals surface area contributed by atoms with E-state index in [0.29, 0.717) is 15.8 Å². The first kappa shape index (κ1) is 15.2. The molecule has 0 heterocycles. The summed E-state index contributed by atoms with van der Waals surface area (Å²) in [6.45, 7) is 2.92. The zero-order valence-corrected chi connectivity index (χ0v) is 13.3. The van der Waals surface area contributed by atoms with Crippen LogP contribution in [0.4, 0.5) is 0 Å². The summed E-state index contributed by atoms with van der Waals surface area (Å²) < 4.78 is 5.17. The van der Waals surface area contributed by atoms with Crippen molar-refractivity contribution in [3.63, 3.8) is 0 Å². The first-order chi connectivity index (χ1) is 9.56. The number of ether oxygens (including phenoxy) is 1. The van der Waals surface area contributed by atoms with Crippen LogP contribution in [-0.4, -0.2) is 14.2 Å². The van der Waals surface area contributed by atoms with Gasteiger partial charge in [0, 0.05) is 18.2 Å². The molecule has 0 aliphatic heterocycles. The van der Waals surface area contributed by atoms with Gasteiger partial charge in [-0.3, -0.25) is 0 Å². The largest absolute Gasteiger partial charge is 0.495 e. The lowest BCUT2D eigenvalue weighted by Gasteiger charge is -2.12. The number of methoxy groups -OCH3 is 1. The van der Waals surface area contributed by atoms with Crippen molar-refractivity contribution < 1.29 is 4.74 Å². The van der Waals surface area contributed by atoms with Gasteiger partial charge in [-0.2, -0.15) is 0 Å². The van der Waals surface area contributed by atoms with Crippen molar-refractivity contribution in [1.82, 2.24) is 5.32 Å². The van der Waals surface area contributed by atoms with E-state index in [0.717, 1.165) is 17.7 Å². The molecular weight excluding hydrogens is 293 g/mol. The Morgan fingerprint density at radius 2 is 1.80 bits per heavy atom. The minimum Gasteiger partial charge on any atom is -0.495 e. The van der Waals surface area contributed by atoms with Crippen LogP contribution in [0.25, 0.3) is 11.1 Å². The summed E-state index contributed by atoms with van der Waals surface area (Å²) in [7, 11) is 3.51. The Kier molecular flexibility index (Phi) is 4.92. The van der Waals surface area contributed by atoms with Crippen LogP contribution in [0.15, 0.2) is 30.3 Å². The topological polar surface area (TPSA) is 21.3 Å². The van der Waals surface area contributed by atoms with Gasteiger partial charge in [0.2, 0.25) is 0 Å². The van der Waals surface area contributed by atoms with Crippen LogP contribution in [0.5, 0.6) is 5.75 Å². The fourth-order valence-electron chi connectivity index (χ4n) is 2.23. The molecule has 0 saturated carbocycles. The van der Waals surface area contributed by atoms with Crippen molar-refractivity contribution in [2.24, 2.45) is 0 Å². The Hall–Kier alpha value is -1.22. The van der Waals surface area contributed by atoms with Gasteiger partial charge in [0.15, 0.2) is 0 Å². The van der Waals surface area contributed by atoms with Crippen molar-refractivity contribution >= 4 is 23.2 Å². The van der Waals surface area contributed by atoms with Gasteiger partial charge in [0.05, 0.1) is 17.2 Å². The summed E-state index contributed by atoms with van der Waals surface area (Å²) in [6, 6.07) is 9.92. The smallest absolute Gasteiger partial charge is 0.138 e. The third-order valence-electron chi connectivity index (χ3n) is 3.20. The predicted molar refractivity (Wildman–Crippen MR) is 86.0 cm³/mol. The maximum atomic E-state index is 6.34. The molecule has 0 radical (unpaired) electrons. The lowest BCUT2D eigenvalue weighted by molar-refractivity contribution is 0.415. The highest BCUT2D eigenvalue weighted by Gasteiger charge is 2.11. The lowest BCUT2D eigenvalue weighted by Crippen LogP contribution is -2.05. The molecule has 1 N–H and O–H groups in total. The van der Waals surface area contributed by atoms with Crippen LogP contribution in [-0.2, 0) is 6.54 Å². The zero-order chi connectivity index (χ0) is 14.7. The number of benzene rings is 2. The quantitative estimate of drug-likeness (QED) is 0.884. The molecule has 0 unspecified atom stereocenters. The van der Waals surface area contributed by atoms with Gasteiger partial charge in [-0.25, -0.2) is 0 Å². The SMILES string of the molecule is CNCc1ccc(-c2cc(Cl)c(OC)cc2Cl)c(C)c1. The average molecular weight is 310 g/mol. The van der Waals surface area contributed by atoms with Gasteiger partial charge in [0.1, 0.15) is 5.75 Å². The molecule has 0 saturated heterocycles. The summed E-state index contributed by atoms with van der Waals surface area (Å²) in [5.74, 6) is 0.588. The minimum absolute atomic E-state index is 0.561. The van der Waals surface area contributed by atoms with Crippen molar-refractivity contribution in [2.45, 2.75) is 13.5 Å². The Bertz CT molecular complexity index is 626. The Morgan fingerprint density at radius 3 is 2.40 bits per heavy atom. The third-order valence-corrected chi connectivity index (χ3v) is 3.81. The van der Waals surface area contributed by atoms with Crippen LogP contribution in [0.1, 0.15) is 11.1 Å². The Morgan fingerprint density at radius 1 is 1.05 bits per heavy atom. The maximum Gasteiger partial charge on any atom is 0.138 e. The maximum absolute atomic E-state index is 6.34. The van der Waals surface area contributed by atoms with E-state index in [9.17, 15) is 0 Å². The number of hydrogen-bond donors (Lipinski definition) is 1. The van der Waals surface area contributed by atoms with Crippen LogP contribution >= 0.6 is 23.2 Å². The van der Waals surface area contributed by atoms with Crippen molar-refractivity contribution in [3.8, 4) is 16.9 Å². The minimum atomic E-state index is 0.561. The van der Waals surface area contributed by atoms with E-state index in [-0.39, 0.29) is 0 Å². The van der Waals surface area contributed by atoms with Gasteiger partial charge in [-0.05, 0) is 36.7 Å². The van der Waals surface area contributed by atoms with Gasteiger partial charge in [-0.15, -0.1) is 0 Å². The monoisotopic (exact) mass is 309 g/mol. The van der Waals surface area contributed by atoms with Gasteiger partial charge in [0.25, 0.3) is 0 Å². The second kappa shape index (κ2) is 6.49. The first-order valence-corrected chi connectivity index (χ1v) is 7.10. The fraction of sp³-hybridized carbons (Fsp3) is 0.250. The molecule has 0 bridgehead atoms. The highest BCUT2D eigenvalue weighted by Crippen LogP contribution is 2.37.